The van der Waals surface area contributed by atoms with Crippen molar-refractivity contribution in [3.8, 4) is 5.69 Å². The number of anilines is 1. The van der Waals surface area contributed by atoms with Crippen molar-refractivity contribution in [1.29, 1.82) is 0 Å². The lowest BCUT2D eigenvalue weighted by molar-refractivity contribution is -0.116. The molecule has 1 aliphatic heterocycles. The van der Waals surface area contributed by atoms with Gasteiger partial charge in [0.2, 0.25) is 5.91 Å². The average molecular weight is 538 g/mol. The molecule has 2 aromatic heterocycles. The molecule has 188 valence electrons. The number of hydrogen-bond donors (Lipinski definition) is 2. The third-order valence-corrected chi connectivity index (χ3v) is 6.83. The summed E-state index contributed by atoms with van der Waals surface area (Å²) >= 11 is 11.8. The summed E-state index contributed by atoms with van der Waals surface area (Å²) in [7, 11) is 0. The molecule has 0 saturated carbocycles. The van der Waals surface area contributed by atoms with Crippen LogP contribution in [0.15, 0.2) is 85.2 Å². The number of para-hydroxylation sites is 1. The highest BCUT2D eigenvalue weighted by molar-refractivity contribution is 7.80. The number of carbonyl (C=O) groups is 1. The minimum atomic E-state index is -0.503. The summed E-state index contributed by atoms with van der Waals surface area (Å²) in [6.07, 6.45) is 3.64. The quantitative estimate of drug-likeness (QED) is 0.292. The van der Waals surface area contributed by atoms with Crippen molar-refractivity contribution < 1.29 is 13.6 Å². The standard InChI is InChI=1S/C27H22ClF2N5OS/c28-18-16-17(10-11-19(18)29)34-14-5-9-23(34)26-25(22-8-3-4-13-31-22)33-27(37)35(26)15-12-24(36)32-21-7-2-1-6-20(21)30/h1-11,13-14,16,25-26H,12,15H2,(H,32,36)(H,33,37)/t25-,26+/m0/s1. The number of aromatic nitrogens is 2. The van der Waals surface area contributed by atoms with Crippen LogP contribution in [0.4, 0.5) is 14.5 Å². The van der Waals surface area contributed by atoms with Gasteiger partial charge in [0.25, 0.3) is 0 Å². The van der Waals surface area contributed by atoms with Gasteiger partial charge in [0, 0.05) is 36.7 Å². The maximum absolute atomic E-state index is 14.0. The van der Waals surface area contributed by atoms with Crippen molar-refractivity contribution in [2.24, 2.45) is 0 Å². The fourth-order valence-corrected chi connectivity index (χ4v) is 4.98. The van der Waals surface area contributed by atoms with E-state index in [1.807, 2.05) is 46.0 Å². The van der Waals surface area contributed by atoms with Crippen LogP contribution in [-0.4, -0.2) is 32.0 Å². The molecule has 0 spiro atoms. The van der Waals surface area contributed by atoms with E-state index in [0.29, 0.717) is 10.8 Å². The molecule has 2 N–H and O–H groups in total. The number of hydrogen-bond acceptors (Lipinski definition) is 3. The van der Waals surface area contributed by atoms with Crippen LogP contribution in [0.2, 0.25) is 5.02 Å². The number of thiocarbonyl (C=S) groups is 1. The Balaban J connectivity index is 1.46. The molecule has 5 rings (SSSR count). The Morgan fingerprint density at radius 3 is 2.62 bits per heavy atom. The molecule has 6 nitrogen and oxygen atoms in total. The minimum absolute atomic E-state index is 0.0140. The Hall–Kier alpha value is -3.82. The number of pyridine rings is 1. The van der Waals surface area contributed by atoms with Gasteiger partial charge in [-0.2, -0.15) is 0 Å². The lowest BCUT2D eigenvalue weighted by Crippen LogP contribution is -2.33. The first-order valence-electron chi connectivity index (χ1n) is 11.6. The lowest BCUT2D eigenvalue weighted by atomic mass is 10.0. The zero-order chi connectivity index (χ0) is 25.9. The van der Waals surface area contributed by atoms with Gasteiger partial charge in [-0.25, -0.2) is 8.78 Å². The summed E-state index contributed by atoms with van der Waals surface area (Å²) in [6, 6.07) is 19.3. The van der Waals surface area contributed by atoms with E-state index in [1.165, 1.54) is 18.2 Å². The molecule has 2 aromatic carbocycles. The first-order chi connectivity index (χ1) is 17.9. The van der Waals surface area contributed by atoms with Crippen molar-refractivity contribution in [2.75, 3.05) is 11.9 Å². The van der Waals surface area contributed by atoms with Crippen LogP contribution in [-0.2, 0) is 4.79 Å². The molecule has 10 heteroatoms. The number of nitrogens with zero attached hydrogens (tertiary/aromatic N) is 3. The van der Waals surface area contributed by atoms with Crippen LogP contribution >= 0.6 is 23.8 Å². The van der Waals surface area contributed by atoms with E-state index >= 15 is 0 Å². The Labute approximate surface area is 222 Å². The van der Waals surface area contributed by atoms with Gasteiger partial charge in [0.15, 0.2) is 5.11 Å². The third-order valence-electron chi connectivity index (χ3n) is 6.19. The van der Waals surface area contributed by atoms with Gasteiger partial charge in [0.1, 0.15) is 11.6 Å². The first kappa shape index (κ1) is 24.9. The largest absolute Gasteiger partial charge is 0.352 e. The van der Waals surface area contributed by atoms with Gasteiger partial charge >= 0.3 is 0 Å². The van der Waals surface area contributed by atoms with Crippen LogP contribution in [0.1, 0.15) is 29.9 Å². The predicted octanol–water partition coefficient (Wildman–Crippen LogP) is 5.81. The number of nitrogens with one attached hydrogen (secondary N) is 2. The fourth-order valence-electron chi connectivity index (χ4n) is 4.47. The van der Waals surface area contributed by atoms with E-state index in [2.05, 4.69) is 15.6 Å². The monoisotopic (exact) mass is 537 g/mol. The molecular weight excluding hydrogens is 516 g/mol. The maximum atomic E-state index is 14.0. The number of amides is 1. The molecule has 0 bridgehead atoms. The Morgan fingerprint density at radius 2 is 1.86 bits per heavy atom. The number of carbonyl (C=O) groups excluding carboxylic acids is 1. The number of rotatable bonds is 7. The van der Waals surface area contributed by atoms with Gasteiger partial charge in [-0.15, -0.1) is 0 Å². The van der Waals surface area contributed by atoms with Crippen molar-refractivity contribution in [1.82, 2.24) is 19.8 Å². The Bertz CT molecular complexity index is 1450. The van der Waals surface area contributed by atoms with Crippen LogP contribution in [0.25, 0.3) is 5.69 Å². The van der Waals surface area contributed by atoms with Crippen LogP contribution in [0, 0.1) is 11.6 Å². The van der Waals surface area contributed by atoms with Crippen LogP contribution < -0.4 is 10.6 Å². The zero-order valence-electron chi connectivity index (χ0n) is 19.4. The van der Waals surface area contributed by atoms with E-state index in [1.54, 1.807) is 30.5 Å². The number of halogens is 3. The third kappa shape index (κ3) is 5.19. The topological polar surface area (TPSA) is 62.2 Å². The predicted molar refractivity (Wildman–Crippen MR) is 143 cm³/mol. The molecule has 3 heterocycles. The molecule has 0 unspecified atom stereocenters. The highest BCUT2D eigenvalue weighted by Crippen LogP contribution is 2.39. The second-order valence-electron chi connectivity index (χ2n) is 8.50. The normalized spacial score (nSPS) is 17.1. The van der Waals surface area contributed by atoms with Crippen LogP contribution in [0.3, 0.4) is 0 Å². The van der Waals surface area contributed by atoms with Crippen molar-refractivity contribution in [2.45, 2.75) is 18.5 Å². The molecule has 1 saturated heterocycles. The van der Waals surface area contributed by atoms with E-state index < -0.39 is 11.6 Å². The van der Waals surface area contributed by atoms with Gasteiger partial charge in [-0.1, -0.05) is 29.8 Å². The second kappa shape index (κ2) is 10.7. The Kier molecular flexibility index (Phi) is 7.16. The van der Waals surface area contributed by atoms with Crippen molar-refractivity contribution >= 4 is 40.5 Å². The molecule has 37 heavy (non-hydrogen) atoms. The Morgan fingerprint density at radius 1 is 1.05 bits per heavy atom. The summed E-state index contributed by atoms with van der Waals surface area (Å²) in [5.74, 6) is -1.34. The molecular formula is C27H22ClF2N5OS. The fraction of sp³-hybridized carbons (Fsp3) is 0.148. The van der Waals surface area contributed by atoms with Gasteiger partial charge in [-0.05, 0) is 66.8 Å². The number of benzene rings is 2. The molecule has 1 fully saturated rings. The SMILES string of the molecule is O=C(CCN1C(=S)N[C@@H](c2ccccn2)[C@H]1c1cccn1-c1ccc(F)c(Cl)c1)Nc1ccccc1F. The average Bonchev–Trinajstić information content (AvgIpc) is 3.50. The van der Waals surface area contributed by atoms with Crippen LogP contribution in [0.5, 0.6) is 0 Å². The summed E-state index contributed by atoms with van der Waals surface area (Å²) in [5.41, 5.74) is 2.43. The van der Waals surface area contributed by atoms with E-state index in [4.69, 9.17) is 23.8 Å². The molecule has 0 aliphatic carbocycles. The van der Waals surface area contributed by atoms with E-state index in [0.717, 1.165) is 11.4 Å². The van der Waals surface area contributed by atoms with Crippen molar-refractivity contribution in [3.63, 3.8) is 0 Å². The van der Waals surface area contributed by atoms with Gasteiger partial charge in [-0.3, -0.25) is 9.78 Å². The zero-order valence-corrected chi connectivity index (χ0v) is 21.0. The van der Waals surface area contributed by atoms with Gasteiger partial charge < -0.3 is 20.1 Å². The van der Waals surface area contributed by atoms with E-state index in [9.17, 15) is 13.6 Å². The molecule has 1 aliphatic rings. The summed E-state index contributed by atoms with van der Waals surface area (Å²) in [6.45, 7) is 0.273. The molecule has 1 amide bonds. The van der Waals surface area contributed by atoms with Gasteiger partial charge in [0.05, 0.1) is 28.5 Å². The maximum Gasteiger partial charge on any atom is 0.226 e. The minimum Gasteiger partial charge on any atom is -0.352 e. The molecule has 2 atom stereocenters. The summed E-state index contributed by atoms with van der Waals surface area (Å²) in [5, 5.41) is 6.44. The second-order valence-corrected chi connectivity index (χ2v) is 9.29. The molecule has 4 aromatic rings. The van der Waals surface area contributed by atoms with Crippen molar-refractivity contribution in [3.05, 3.63) is 113 Å². The smallest absolute Gasteiger partial charge is 0.226 e. The molecule has 0 radical (unpaired) electrons. The highest BCUT2D eigenvalue weighted by Gasteiger charge is 2.41. The lowest BCUT2D eigenvalue weighted by Gasteiger charge is -2.29. The summed E-state index contributed by atoms with van der Waals surface area (Å²) in [4.78, 5) is 19.1. The first-order valence-corrected chi connectivity index (χ1v) is 12.4. The summed E-state index contributed by atoms with van der Waals surface area (Å²) < 4.78 is 29.8. The van der Waals surface area contributed by atoms with E-state index in [-0.39, 0.29) is 41.7 Å². The highest BCUT2D eigenvalue weighted by atomic mass is 35.5.